The van der Waals surface area contributed by atoms with Crippen LogP contribution in [0.2, 0.25) is 0 Å². The fourth-order valence-corrected chi connectivity index (χ4v) is 2.31. The first-order valence-electron chi connectivity index (χ1n) is 5.86. The lowest BCUT2D eigenvalue weighted by atomic mass is 10.1. The number of nitrogens with zero attached hydrogens (tertiary/aromatic N) is 2. The van der Waals surface area contributed by atoms with E-state index in [4.69, 9.17) is 5.73 Å². The molecule has 1 aromatic heterocycles. The highest BCUT2D eigenvalue weighted by Gasteiger charge is 2.19. The Morgan fingerprint density at radius 2 is 2.18 bits per heavy atom. The SMILES string of the molecule is Nc1ccc2c(c1)N(Cc1ccccn1)CC2. The van der Waals surface area contributed by atoms with Crippen molar-refractivity contribution in [3.05, 3.63) is 53.9 Å². The first-order chi connectivity index (χ1) is 8.33. The monoisotopic (exact) mass is 225 g/mol. The Bertz CT molecular complexity index is 522. The molecule has 0 spiro atoms. The third-order valence-corrected chi connectivity index (χ3v) is 3.18. The van der Waals surface area contributed by atoms with Gasteiger partial charge in [-0.3, -0.25) is 4.98 Å². The Kier molecular flexibility index (Phi) is 2.44. The van der Waals surface area contributed by atoms with E-state index < -0.39 is 0 Å². The maximum atomic E-state index is 5.84. The first-order valence-corrected chi connectivity index (χ1v) is 5.86. The maximum Gasteiger partial charge on any atom is 0.0602 e. The van der Waals surface area contributed by atoms with E-state index in [2.05, 4.69) is 28.1 Å². The van der Waals surface area contributed by atoms with Crippen LogP contribution in [0.4, 0.5) is 11.4 Å². The van der Waals surface area contributed by atoms with Crippen LogP contribution < -0.4 is 10.6 Å². The molecular formula is C14H15N3. The normalized spacial score (nSPS) is 13.8. The molecule has 2 aromatic rings. The van der Waals surface area contributed by atoms with Crippen LogP contribution in [0.5, 0.6) is 0 Å². The summed E-state index contributed by atoms with van der Waals surface area (Å²) in [6.45, 7) is 1.91. The molecule has 2 heterocycles. The van der Waals surface area contributed by atoms with Gasteiger partial charge in [0, 0.05) is 24.1 Å². The minimum absolute atomic E-state index is 0.830. The number of fused-ring (bicyclic) bond motifs is 1. The Morgan fingerprint density at radius 1 is 1.24 bits per heavy atom. The van der Waals surface area contributed by atoms with Crippen LogP contribution in [-0.4, -0.2) is 11.5 Å². The summed E-state index contributed by atoms with van der Waals surface area (Å²) >= 11 is 0. The van der Waals surface area contributed by atoms with Crippen LogP contribution >= 0.6 is 0 Å². The molecule has 3 nitrogen and oxygen atoms in total. The Hall–Kier alpha value is -2.03. The number of anilines is 2. The van der Waals surface area contributed by atoms with Crippen molar-refractivity contribution in [3.8, 4) is 0 Å². The summed E-state index contributed by atoms with van der Waals surface area (Å²) in [5.41, 5.74) is 10.4. The van der Waals surface area contributed by atoms with Crippen LogP contribution in [-0.2, 0) is 13.0 Å². The molecule has 86 valence electrons. The molecule has 3 rings (SSSR count). The van der Waals surface area contributed by atoms with Gasteiger partial charge in [0.2, 0.25) is 0 Å². The highest BCUT2D eigenvalue weighted by Crippen LogP contribution is 2.30. The quantitative estimate of drug-likeness (QED) is 0.797. The lowest BCUT2D eigenvalue weighted by Crippen LogP contribution is -2.20. The van der Waals surface area contributed by atoms with E-state index in [0.717, 1.165) is 30.9 Å². The Balaban J connectivity index is 1.86. The molecule has 0 atom stereocenters. The Morgan fingerprint density at radius 3 is 3.00 bits per heavy atom. The minimum atomic E-state index is 0.830. The van der Waals surface area contributed by atoms with Crippen molar-refractivity contribution < 1.29 is 0 Å². The van der Waals surface area contributed by atoms with Gasteiger partial charge >= 0.3 is 0 Å². The second-order valence-electron chi connectivity index (χ2n) is 4.38. The number of nitrogen functional groups attached to an aromatic ring is 1. The summed E-state index contributed by atoms with van der Waals surface area (Å²) in [6.07, 6.45) is 2.94. The lowest BCUT2D eigenvalue weighted by molar-refractivity contribution is 0.814. The fraction of sp³-hybridized carbons (Fsp3) is 0.214. The molecule has 0 aliphatic carbocycles. The zero-order chi connectivity index (χ0) is 11.7. The van der Waals surface area contributed by atoms with Gasteiger partial charge in [0.25, 0.3) is 0 Å². The predicted octanol–water partition coefficient (Wildman–Crippen LogP) is 2.23. The van der Waals surface area contributed by atoms with E-state index in [1.807, 2.05) is 24.4 Å². The molecule has 2 N–H and O–H groups in total. The second-order valence-corrected chi connectivity index (χ2v) is 4.38. The van der Waals surface area contributed by atoms with Crippen molar-refractivity contribution >= 4 is 11.4 Å². The van der Waals surface area contributed by atoms with Crippen molar-refractivity contribution in [2.45, 2.75) is 13.0 Å². The Labute approximate surface area is 101 Å². The van der Waals surface area contributed by atoms with Crippen LogP contribution in [0, 0.1) is 0 Å². The molecule has 17 heavy (non-hydrogen) atoms. The average Bonchev–Trinajstić information content (AvgIpc) is 2.73. The van der Waals surface area contributed by atoms with Crippen LogP contribution in [0.25, 0.3) is 0 Å². The second kappa shape index (κ2) is 4.09. The molecule has 3 heteroatoms. The van der Waals surface area contributed by atoms with Crippen molar-refractivity contribution in [1.29, 1.82) is 0 Å². The van der Waals surface area contributed by atoms with Gasteiger partial charge in [0.05, 0.1) is 12.2 Å². The largest absolute Gasteiger partial charge is 0.399 e. The summed E-state index contributed by atoms with van der Waals surface area (Å²) in [7, 11) is 0. The molecule has 0 radical (unpaired) electrons. The molecule has 0 bridgehead atoms. The number of pyridine rings is 1. The van der Waals surface area contributed by atoms with E-state index in [1.54, 1.807) is 0 Å². The zero-order valence-corrected chi connectivity index (χ0v) is 9.63. The van der Waals surface area contributed by atoms with Gasteiger partial charge in [-0.15, -0.1) is 0 Å². The number of hydrogen-bond donors (Lipinski definition) is 1. The van der Waals surface area contributed by atoms with E-state index in [0.29, 0.717) is 0 Å². The molecule has 0 amide bonds. The minimum Gasteiger partial charge on any atom is -0.399 e. The van der Waals surface area contributed by atoms with Gasteiger partial charge < -0.3 is 10.6 Å². The van der Waals surface area contributed by atoms with Gasteiger partial charge in [-0.2, -0.15) is 0 Å². The van der Waals surface area contributed by atoms with Crippen LogP contribution in [0.1, 0.15) is 11.3 Å². The van der Waals surface area contributed by atoms with Gasteiger partial charge in [-0.05, 0) is 36.2 Å². The van der Waals surface area contributed by atoms with Crippen molar-refractivity contribution in [2.75, 3.05) is 17.2 Å². The summed E-state index contributed by atoms with van der Waals surface area (Å²) in [6, 6.07) is 12.2. The third kappa shape index (κ3) is 1.96. The highest BCUT2D eigenvalue weighted by molar-refractivity contribution is 5.64. The number of aromatic nitrogens is 1. The molecular weight excluding hydrogens is 210 g/mol. The van der Waals surface area contributed by atoms with Gasteiger partial charge in [-0.1, -0.05) is 12.1 Å². The van der Waals surface area contributed by atoms with E-state index in [9.17, 15) is 0 Å². The molecule has 1 aromatic carbocycles. The number of benzene rings is 1. The van der Waals surface area contributed by atoms with E-state index >= 15 is 0 Å². The molecule has 0 saturated carbocycles. The van der Waals surface area contributed by atoms with Gasteiger partial charge in [0.1, 0.15) is 0 Å². The van der Waals surface area contributed by atoms with Gasteiger partial charge in [-0.25, -0.2) is 0 Å². The number of nitrogens with two attached hydrogens (primary N) is 1. The first kappa shape index (κ1) is 10.1. The van der Waals surface area contributed by atoms with Crippen LogP contribution in [0.3, 0.4) is 0 Å². The van der Waals surface area contributed by atoms with Crippen molar-refractivity contribution in [1.82, 2.24) is 4.98 Å². The third-order valence-electron chi connectivity index (χ3n) is 3.18. The molecule has 1 aliphatic rings. The maximum absolute atomic E-state index is 5.84. The summed E-state index contributed by atoms with van der Waals surface area (Å²) in [4.78, 5) is 6.71. The zero-order valence-electron chi connectivity index (χ0n) is 9.63. The van der Waals surface area contributed by atoms with Crippen molar-refractivity contribution in [3.63, 3.8) is 0 Å². The van der Waals surface area contributed by atoms with E-state index in [1.165, 1.54) is 11.3 Å². The summed E-state index contributed by atoms with van der Waals surface area (Å²) in [5.74, 6) is 0. The predicted molar refractivity (Wildman–Crippen MR) is 69.8 cm³/mol. The fourth-order valence-electron chi connectivity index (χ4n) is 2.31. The lowest BCUT2D eigenvalue weighted by Gasteiger charge is -2.19. The smallest absolute Gasteiger partial charge is 0.0602 e. The van der Waals surface area contributed by atoms with Gasteiger partial charge in [0.15, 0.2) is 0 Å². The average molecular weight is 225 g/mol. The highest BCUT2D eigenvalue weighted by atomic mass is 15.2. The van der Waals surface area contributed by atoms with E-state index in [-0.39, 0.29) is 0 Å². The summed E-state index contributed by atoms with van der Waals surface area (Å²) < 4.78 is 0. The standard InChI is InChI=1S/C14H15N3/c15-12-5-4-11-6-8-17(14(11)9-12)10-13-3-1-2-7-16-13/h1-5,7,9H,6,8,10,15H2. The molecule has 0 saturated heterocycles. The van der Waals surface area contributed by atoms with Crippen molar-refractivity contribution in [2.24, 2.45) is 0 Å². The number of rotatable bonds is 2. The molecule has 1 aliphatic heterocycles. The summed E-state index contributed by atoms with van der Waals surface area (Å²) in [5, 5.41) is 0. The molecule has 0 unspecified atom stereocenters. The topological polar surface area (TPSA) is 42.1 Å². The number of hydrogen-bond acceptors (Lipinski definition) is 3. The molecule has 0 fully saturated rings. The van der Waals surface area contributed by atoms with Crippen LogP contribution in [0.15, 0.2) is 42.6 Å².